The van der Waals surface area contributed by atoms with Crippen LogP contribution in [0.5, 0.6) is 0 Å². The van der Waals surface area contributed by atoms with Gasteiger partial charge >= 0.3 is 0 Å². The minimum absolute atomic E-state index is 0.286. The second-order valence-corrected chi connectivity index (χ2v) is 2.92. The summed E-state index contributed by atoms with van der Waals surface area (Å²) in [5.74, 6) is -0.286. The Bertz CT molecular complexity index is 265. The molecule has 13 heavy (non-hydrogen) atoms. The van der Waals surface area contributed by atoms with Gasteiger partial charge in [-0.2, -0.15) is 0 Å². The van der Waals surface area contributed by atoms with Gasteiger partial charge in [0.2, 0.25) is 0 Å². The van der Waals surface area contributed by atoms with E-state index >= 15 is 0 Å². The number of benzene rings is 1. The fourth-order valence-electron chi connectivity index (χ4n) is 0.977. The Kier molecular flexibility index (Phi) is 3.71. The molecule has 0 unspecified atom stereocenters. The van der Waals surface area contributed by atoms with Gasteiger partial charge < -0.3 is 10.4 Å². The summed E-state index contributed by atoms with van der Waals surface area (Å²) in [7, 11) is 0. The molecule has 0 amide bonds. The number of hydrogen-bond acceptors (Lipinski definition) is 2. The van der Waals surface area contributed by atoms with Gasteiger partial charge in [0.15, 0.2) is 0 Å². The molecule has 1 rings (SSSR count). The third kappa shape index (κ3) is 3.03. The lowest BCUT2D eigenvalue weighted by atomic mass is 10.2. The number of para-hydroxylation sites is 1. The Morgan fingerprint density at radius 1 is 1.46 bits per heavy atom. The van der Waals surface area contributed by atoms with Crippen LogP contribution in [0, 0.1) is 5.82 Å². The molecule has 0 saturated carbocycles. The summed E-state index contributed by atoms with van der Waals surface area (Å²) in [6.07, 6.45) is 0.251. The van der Waals surface area contributed by atoms with Crippen molar-refractivity contribution in [1.82, 2.24) is 0 Å². The molecule has 0 spiro atoms. The first-order valence-corrected chi connectivity index (χ1v) is 4.40. The highest BCUT2D eigenvalue weighted by molar-refractivity contribution is 5.44. The largest absolute Gasteiger partial charge is 0.391 e. The van der Waals surface area contributed by atoms with Crippen LogP contribution < -0.4 is 5.32 Å². The van der Waals surface area contributed by atoms with Crippen molar-refractivity contribution >= 4 is 5.69 Å². The van der Waals surface area contributed by atoms with Gasteiger partial charge in [0.1, 0.15) is 5.82 Å². The van der Waals surface area contributed by atoms with Crippen molar-refractivity contribution in [2.45, 2.75) is 19.4 Å². The first kappa shape index (κ1) is 9.99. The van der Waals surface area contributed by atoms with E-state index < -0.39 is 6.10 Å². The smallest absolute Gasteiger partial charge is 0.146 e. The van der Waals surface area contributed by atoms with E-state index in [9.17, 15) is 9.50 Å². The average Bonchev–Trinajstić information content (AvgIpc) is 2.16. The fourth-order valence-corrected chi connectivity index (χ4v) is 0.977. The lowest BCUT2D eigenvalue weighted by Gasteiger charge is -2.10. The summed E-state index contributed by atoms with van der Waals surface area (Å²) < 4.78 is 13.0. The standard InChI is InChI=1S/C10H14FNO/c1-2-8(13)7-12-10-6-4-3-5-9(10)11/h3-6,8,12-13H,2,7H2,1H3/t8-/m0/s1. The van der Waals surface area contributed by atoms with Crippen molar-refractivity contribution in [3.05, 3.63) is 30.1 Å². The number of halogens is 1. The van der Waals surface area contributed by atoms with Crippen LogP contribution in [-0.2, 0) is 0 Å². The van der Waals surface area contributed by atoms with Crippen molar-refractivity contribution in [3.8, 4) is 0 Å². The molecule has 0 aliphatic rings. The summed E-state index contributed by atoms with van der Waals surface area (Å²) >= 11 is 0. The molecular formula is C10H14FNO. The molecule has 1 aromatic carbocycles. The molecule has 2 nitrogen and oxygen atoms in total. The monoisotopic (exact) mass is 183 g/mol. The molecule has 2 N–H and O–H groups in total. The zero-order valence-electron chi connectivity index (χ0n) is 7.63. The summed E-state index contributed by atoms with van der Waals surface area (Å²) in [4.78, 5) is 0. The maximum atomic E-state index is 13.0. The summed E-state index contributed by atoms with van der Waals surface area (Å²) in [5, 5.41) is 12.1. The average molecular weight is 183 g/mol. The van der Waals surface area contributed by atoms with E-state index in [2.05, 4.69) is 5.32 Å². The first-order chi connectivity index (χ1) is 6.24. The van der Waals surface area contributed by atoms with Crippen LogP contribution in [0.15, 0.2) is 24.3 Å². The van der Waals surface area contributed by atoms with E-state index in [1.54, 1.807) is 18.2 Å². The lowest BCUT2D eigenvalue weighted by Crippen LogP contribution is -2.18. The number of aliphatic hydroxyl groups is 1. The predicted octanol–water partition coefficient (Wildman–Crippen LogP) is 2.01. The molecular weight excluding hydrogens is 169 g/mol. The van der Waals surface area contributed by atoms with E-state index in [1.807, 2.05) is 6.92 Å². The zero-order chi connectivity index (χ0) is 9.68. The molecule has 0 aliphatic carbocycles. The van der Waals surface area contributed by atoms with Crippen molar-refractivity contribution in [2.75, 3.05) is 11.9 Å². The van der Waals surface area contributed by atoms with Gasteiger partial charge in [-0.25, -0.2) is 4.39 Å². The molecule has 0 aromatic heterocycles. The van der Waals surface area contributed by atoms with Gasteiger partial charge in [-0.1, -0.05) is 19.1 Å². The van der Waals surface area contributed by atoms with E-state index in [0.29, 0.717) is 18.7 Å². The van der Waals surface area contributed by atoms with Crippen LogP contribution >= 0.6 is 0 Å². The minimum Gasteiger partial charge on any atom is -0.391 e. The Morgan fingerprint density at radius 2 is 2.15 bits per heavy atom. The van der Waals surface area contributed by atoms with Gasteiger partial charge in [-0.05, 0) is 18.6 Å². The molecule has 0 aliphatic heterocycles. The summed E-state index contributed by atoms with van der Waals surface area (Å²) in [5.41, 5.74) is 0.440. The molecule has 1 atom stereocenters. The van der Waals surface area contributed by atoms with Crippen molar-refractivity contribution in [2.24, 2.45) is 0 Å². The molecule has 0 bridgehead atoms. The maximum absolute atomic E-state index is 13.0. The van der Waals surface area contributed by atoms with Crippen molar-refractivity contribution < 1.29 is 9.50 Å². The van der Waals surface area contributed by atoms with Crippen LogP contribution in [0.3, 0.4) is 0 Å². The van der Waals surface area contributed by atoms with E-state index in [-0.39, 0.29) is 5.82 Å². The lowest BCUT2D eigenvalue weighted by molar-refractivity contribution is 0.183. The third-order valence-corrected chi connectivity index (χ3v) is 1.87. The second kappa shape index (κ2) is 4.82. The number of rotatable bonds is 4. The molecule has 0 radical (unpaired) electrons. The molecule has 0 fully saturated rings. The topological polar surface area (TPSA) is 32.3 Å². The Balaban J connectivity index is 2.50. The van der Waals surface area contributed by atoms with E-state index in [4.69, 9.17) is 0 Å². The maximum Gasteiger partial charge on any atom is 0.146 e. The highest BCUT2D eigenvalue weighted by Gasteiger charge is 2.02. The zero-order valence-corrected chi connectivity index (χ0v) is 7.63. The predicted molar refractivity (Wildman–Crippen MR) is 51.2 cm³/mol. The summed E-state index contributed by atoms with van der Waals surface area (Å²) in [6.45, 7) is 2.27. The first-order valence-electron chi connectivity index (χ1n) is 4.40. The number of anilines is 1. The molecule has 0 saturated heterocycles. The van der Waals surface area contributed by atoms with Gasteiger partial charge in [0.05, 0.1) is 11.8 Å². The number of hydrogen-bond donors (Lipinski definition) is 2. The molecule has 1 aromatic rings. The Labute approximate surface area is 77.4 Å². The van der Waals surface area contributed by atoms with E-state index in [1.165, 1.54) is 6.07 Å². The van der Waals surface area contributed by atoms with Crippen LogP contribution in [-0.4, -0.2) is 17.8 Å². The van der Waals surface area contributed by atoms with Crippen molar-refractivity contribution in [3.63, 3.8) is 0 Å². The van der Waals surface area contributed by atoms with Gasteiger partial charge in [-0.3, -0.25) is 0 Å². The van der Waals surface area contributed by atoms with Gasteiger partial charge in [-0.15, -0.1) is 0 Å². The SMILES string of the molecule is CC[C@H](O)CNc1ccccc1F. The third-order valence-electron chi connectivity index (χ3n) is 1.87. The van der Waals surface area contributed by atoms with Gasteiger partial charge in [0, 0.05) is 6.54 Å². The minimum atomic E-state index is -0.417. The van der Waals surface area contributed by atoms with Crippen LogP contribution in [0.4, 0.5) is 10.1 Å². The Morgan fingerprint density at radius 3 is 2.77 bits per heavy atom. The van der Waals surface area contributed by atoms with Crippen LogP contribution in [0.1, 0.15) is 13.3 Å². The van der Waals surface area contributed by atoms with Gasteiger partial charge in [0.25, 0.3) is 0 Å². The highest BCUT2D eigenvalue weighted by atomic mass is 19.1. The second-order valence-electron chi connectivity index (χ2n) is 2.92. The van der Waals surface area contributed by atoms with E-state index in [0.717, 1.165) is 0 Å². The Hall–Kier alpha value is -1.09. The normalized spacial score (nSPS) is 12.5. The molecule has 0 heterocycles. The van der Waals surface area contributed by atoms with Crippen LogP contribution in [0.2, 0.25) is 0 Å². The fraction of sp³-hybridized carbons (Fsp3) is 0.400. The number of nitrogens with one attached hydrogen (secondary N) is 1. The molecule has 72 valence electrons. The van der Waals surface area contributed by atoms with Crippen LogP contribution in [0.25, 0.3) is 0 Å². The number of aliphatic hydroxyl groups excluding tert-OH is 1. The highest BCUT2D eigenvalue weighted by Crippen LogP contribution is 2.12. The van der Waals surface area contributed by atoms with Crippen molar-refractivity contribution in [1.29, 1.82) is 0 Å². The summed E-state index contributed by atoms with van der Waals surface area (Å²) in [6, 6.07) is 6.43. The quantitative estimate of drug-likeness (QED) is 0.748. The molecule has 3 heteroatoms.